The van der Waals surface area contributed by atoms with Gasteiger partial charge in [-0.3, -0.25) is 0 Å². The highest BCUT2D eigenvalue weighted by molar-refractivity contribution is 6.15. The van der Waals surface area contributed by atoms with Gasteiger partial charge in [0.2, 0.25) is 0 Å². The summed E-state index contributed by atoms with van der Waals surface area (Å²) in [6.45, 7) is 27.9. The van der Waals surface area contributed by atoms with Crippen molar-refractivity contribution >= 4 is 44.9 Å². The van der Waals surface area contributed by atoms with Crippen molar-refractivity contribution in [2.75, 3.05) is 9.80 Å². The van der Waals surface area contributed by atoms with Crippen LogP contribution in [-0.4, -0.2) is 0 Å². The highest BCUT2D eigenvalue weighted by atomic mass is 15.1. The van der Waals surface area contributed by atoms with Crippen molar-refractivity contribution in [3.63, 3.8) is 0 Å². The number of fused-ring (bicyclic) bond motifs is 4. The molecule has 12 aromatic rings. The zero-order valence-corrected chi connectivity index (χ0v) is 54.5. The molecule has 14 rings (SSSR count). The van der Waals surface area contributed by atoms with Crippen molar-refractivity contribution in [2.45, 2.75) is 116 Å². The maximum absolute atomic E-state index is 2.57. The standard InChI is InChI=1S/C88H82N2/c1-83(2,3)59-33-41-63(42-34-59)87(64-43-35-60(36-44-64)84(4,5)6)77-55-56-78-82-76(54-53-75(81(77)82)73-51-49-71(57-79(73)87)89(67-25-17-13-18-26-67)68-27-19-14-20-28-68)74-52-50-72(90(69-29-21-15-22-30-69)70-31-23-16-24-32-70)58-80(74)88(78,65-45-37-61(38-46-65)85(7,8)9)66-47-39-62(40-48-66)86(10,11)12/h13-58H,1-12H3. The molecule has 0 saturated carbocycles. The van der Waals surface area contributed by atoms with Gasteiger partial charge in [-0.05, 0) is 194 Å². The fraction of sp³-hybridized carbons (Fsp3) is 0.205. The maximum atomic E-state index is 2.57. The zero-order chi connectivity index (χ0) is 62.5. The molecule has 0 saturated heterocycles. The Hall–Kier alpha value is -9.50. The molecule has 90 heavy (non-hydrogen) atoms. The monoisotopic (exact) mass is 1170 g/mol. The van der Waals surface area contributed by atoms with Gasteiger partial charge >= 0.3 is 0 Å². The Balaban J connectivity index is 1.16. The van der Waals surface area contributed by atoms with Crippen molar-refractivity contribution in [3.8, 4) is 22.3 Å². The van der Waals surface area contributed by atoms with E-state index in [1.165, 1.54) is 99.8 Å². The molecule has 0 amide bonds. The van der Waals surface area contributed by atoms with E-state index >= 15 is 0 Å². The number of nitrogens with zero attached hydrogens (tertiary/aromatic N) is 2. The minimum Gasteiger partial charge on any atom is -0.310 e. The summed E-state index contributed by atoms with van der Waals surface area (Å²) in [5.74, 6) is 0. The lowest BCUT2D eigenvalue weighted by Gasteiger charge is -2.47. The SMILES string of the molecule is CC(C)(C)c1ccc(C2(c3ccc(C(C)(C)C)cc3)c3cc(N(c4ccccc4)c4ccccc4)ccc3-c3ccc4c5c(ccc2c35)C(c2ccc(C(C)(C)C)cc2)(c2ccc(C(C)(C)C)cc2)c2cc(N(c3ccccc3)c3ccccc3)ccc2-4)cc1. The number of rotatable bonds is 10. The molecule has 0 aliphatic heterocycles. The second-order valence-corrected chi connectivity index (χ2v) is 29.4. The van der Waals surface area contributed by atoms with Crippen LogP contribution < -0.4 is 9.80 Å². The maximum Gasteiger partial charge on any atom is 0.0714 e. The molecule has 0 spiro atoms. The summed E-state index contributed by atoms with van der Waals surface area (Å²) < 4.78 is 0. The zero-order valence-electron chi connectivity index (χ0n) is 54.5. The van der Waals surface area contributed by atoms with Crippen molar-refractivity contribution in [1.82, 2.24) is 0 Å². The molecule has 0 fully saturated rings. The van der Waals surface area contributed by atoms with E-state index in [1.807, 2.05) is 0 Å². The third kappa shape index (κ3) is 9.52. The fourth-order valence-corrected chi connectivity index (χ4v) is 15.0. The van der Waals surface area contributed by atoms with E-state index in [2.05, 4.69) is 372 Å². The van der Waals surface area contributed by atoms with Crippen LogP contribution in [0.1, 0.15) is 150 Å². The molecule has 0 heterocycles. The molecule has 0 aromatic heterocycles. The van der Waals surface area contributed by atoms with Crippen LogP contribution in [0.4, 0.5) is 34.1 Å². The van der Waals surface area contributed by atoms with Gasteiger partial charge in [0.05, 0.1) is 10.8 Å². The van der Waals surface area contributed by atoms with Crippen LogP contribution in [-0.2, 0) is 32.5 Å². The second-order valence-electron chi connectivity index (χ2n) is 29.4. The average molecular weight is 1170 g/mol. The minimum atomic E-state index is -0.803. The molecule has 0 bridgehead atoms. The lowest BCUT2D eigenvalue weighted by molar-refractivity contribution is 0.587. The van der Waals surface area contributed by atoms with Crippen LogP contribution in [0.3, 0.4) is 0 Å². The molecular weight excluding hydrogens is 1080 g/mol. The van der Waals surface area contributed by atoms with Gasteiger partial charge in [-0.15, -0.1) is 0 Å². The van der Waals surface area contributed by atoms with Crippen LogP contribution in [0, 0.1) is 0 Å². The topological polar surface area (TPSA) is 6.48 Å². The molecule has 0 N–H and O–H groups in total. The second kappa shape index (κ2) is 21.6. The first kappa shape index (κ1) is 58.2. The van der Waals surface area contributed by atoms with E-state index in [9.17, 15) is 0 Å². The Morgan fingerprint density at radius 3 is 0.678 bits per heavy atom. The largest absolute Gasteiger partial charge is 0.310 e. The molecule has 444 valence electrons. The number of hydrogen-bond acceptors (Lipinski definition) is 2. The average Bonchev–Trinajstić information content (AvgIpc) is 0.669. The third-order valence-electron chi connectivity index (χ3n) is 19.7. The molecule has 2 aliphatic carbocycles. The number of benzene rings is 12. The molecule has 2 nitrogen and oxygen atoms in total. The summed E-state index contributed by atoms with van der Waals surface area (Å²) in [4.78, 5) is 4.86. The van der Waals surface area contributed by atoms with Crippen molar-refractivity contribution < 1.29 is 0 Å². The Labute approximate surface area is 535 Å². The molecule has 0 radical (unpaired) electrons. The number of hydrogen-bond donors (Lipinski definition) is 0. The van der Waals surface area contributed by atoms with Gasteiger partial charge in [0.25, 0.3) is 0 Å². The van der Waals surface area contributed by atoms with Gasteiger partial charge in [0.15, 0.2) is 0 Å². The van der Waals surface area contributed by atoms with E-state index in [0.29, 0.717) is 0 Å². The van der Waals surface area contributed by atoms with Gasteiger partial charge in [-0.2, -0.15) is 0 Å². The highest BCUT2D eigenvalue weighted by Gasteiger charge is 2.50. The molecule has 12 aromatic carbocycles. The molecular formula is C88H82N2. The van der Waals surface area contributed by atoms with Crippen LogP contribution >= 0.6 is 0 Å². The van der Waals surface area contributed by atoms with Crippen molar-refractivity contribution in [3.05, 3.63) is 346 Å². The molecule has 2 aliphatic rings. The van der Waals surface area contributed by atoms with Crippen LogP contribution in [0.15, 0.2) is 279 Å². The third-order valence-corrected chi connectivity index (χ3v) is 19.7. The summed E-state index contributed by atoms with van der Waals surface area (Å²) in [7, 11) is 0. The number of anilines is 6. The van der Waals surface area contributed by atoms with E-state index in [4.69, 9.17) is 0 Å². The summed E-state index contributed by atoms with van der Waals surface area (Å²) in [6.07, 6.45) is 0. The predicted octanol–water partition coefficient (Wildman–Crippen LogP) is 23.7. The van der Waals surface area contributed by atoms with E-state index in [-0.39, 0.29) is 21.7 Å². The summed E-state index contributed by atoms with van der Waals surface area (Å²) in [5.41, 5.74) is 25.0. The fourth-order valence-electron chi connectivity index (χ4n) is 15.0. The minimum absolute atomic E-state index is 0.0526. The molecule has 0 atom stereocenters. The van der Waals surface area contributed by atoms with Gasteiger partial charge in [0, 0.05) is 34.1 Å². The predicted molar refractivity (Wildman–Crippen MR) is 383 cm³/mol. The molecule has 2 heteroatoms. The first-order chi connectivity index (χ1) is 43.2. The summed E-state index contributed by atoms with van der Waals surface area (Å²) >= 11 is 0. The summed E-state index contributed by atoms with van der Waals surface area (Å²) in [6, 6.07) is 107. The number of para-hydroxylation sites is 4. The lowest BCUT2D eigenvalue weighted by Crippen LogP contribution is -2.37. The van der Waals surface area contributed by atoms with Crippen LogP contribution in [0.2, 0.25) is 0 Å². The van der Waals surface area contributed by atoms with Gasteiger partial charge < -0.3 is 9.80 Å². The Morgan fingerprint density at radius 2 is 0.444 bits per heavy atom. The Morgan fingerprint density at radius 1 is 0.211 bits per heavy atom. The Bertz CT molecular complexity index is 4120. The van der Waals surface area contributed by atoms with Crippen LogP contribution in [0.25, 0.3) is 33.0 Å². The first-order valence-electron chi connectivity index (χ1n) is 32.3. The first-order valence-corrected chi connectivity index (χ1v) is 32.3. The van der Waals surface area contributed by atoms with E-state index in [1.54, 1.807) is 0 Å². The lowest BCUT2D eigenvalue weighted by atomic mass is 9.55. The smallest absolute Gasteiger partial charge is 0.0714 e. The molecule has 0 unspecified atom stereocenters. The van der Waals surface area contributed by atoms with E-state index in [0.717, 1.165) is 34.1 Å². The van der Waals surface area contributed by atoms with Crippen molar-refractivity contribution in [1.29, 1.82) is 0 Å². The van der Waals surface area contributed by atoms with E-state index < -0.39 is 10.8 Å². The summed E-state index contributed by atoms with van der Waals surface area (Å²) in [5, 5.41) is 2.58. The van der Waals surface area contributed by atoms with Gasteiger partial charge in [0.1, 0.15) is 0 Å². The Kier molecular flexibility index (Phi) is 14.0. The normalized spacial score (nSPS) is 14.0. The van der Waals surface area contributed by atoms with Gasteiger partial charge in [-0.25, -0.2) is 0 Å². The van der Waals surface area contributed by atoms with Crippen molar-refractivity contribution in [2.24, 2.45) is 0 Å². The highest BCUT2D eigenvalue weighted by Crippen LogP contribution is 2.63. The van der Waals surface area contributed by atoms with Crippen LogP contribution in [0.5, 0.6) is 0 Å². The quantitative estimate of drug-likeness (QED) is 0.135. The van der Waals surface area contributed by atoms with Gasteiger partial charge in [-0.1, -0.05) is 289 Å².